The number of likely N-dealkylation sites (N-methyl/N-ethyl adjacent to an activating group) is 1. The molecule has 1 aromatic heterocycles. The van der Waals surface area contributed by atoms with Crippen LogP contribution in [0.15, 0.2) is 15.7 Å². The fourth-order valence-corrected chi connectivity index (χ4v) is 4.74. The molecule has 0 unspecified atom stereocenters. The maximum absolute atomic E-state index is 12.3. The van der Waals surface area contributed by atoms with E-state index in [0.29, 0.717) is 23.2 Å². The first-order valence-corrected chi connectivity index (χ1v) is 8.21. The minimum absolute atomic E-state index is 0.356. The van der Waals surface area contributed by atoms with E-state index in [1.54, 1.807) is 15.8 Å². The molecule has 4 nitrogen and oxygen atoms in total. The van der Waals surface area contributed by atoms with Crippen LogP contribution < -0.4 is 0 Å². The van der Waals surface area contributed by atoms with Crippen LogP contribution in [0, 0.1) is 0 Å². The molecule has 0 saturated carbocycles. The van der Waals surface area contributed by atoms with E-state index in [-0.39, 0.29) is 0 Å². The van der Waals surface area contributed by atoms with Gasteiger partial charge < -0.3 is 4.90 Å². The lowest BCUT2D eigenvalue weighted by Gasteiger charge is -2.31. The van der Waals surface area contributed by atoms with Gasteiger partial charge in [0.05, 0.1) is 0 Å². The van der Waals surface area contributed by atoms with E-state index in [1.807, 2.05) is 7.05 Å². The molecular formula is C10H15ClN2O2S2. The van der Waals surface area contributed by atoms with Crippen LogP contribution in [-0.2, 0) is 15.9 Å². The number of hydrogen-bond acceptors (Lipinski definition) is 4. The number of alkyl halides is 1. The molecule has 2 heterocycles. The lowest BCUT2D eigenvalue weighted by atomic mass is 10.4. The SMILES string of the molecule is CN1CCN(S(=O)(=O)c2cc(CCl)cs2)CC1. The van der Waals surface area contributed by atoms with Crippen LogP contribution in [0.1, 0.15) is 5.56 Å². The van der Waals surface area contributed by atoms with Crippen LogP contribution in [0.3, 0.4) is 0 Å². The fourth-order valence-electron chi connectivity index (χ4n) is 1.71. The second kappa shape index (κ2) is 5.24. The molecule has 0 N–H and O–H groups in total. The molecule has 0 amide bonds. The first-order valence-electron chi connectivity index (χ1n) is 5.36. The molecule has 0 atom stereocenters. The molecule has 0 radical (unpaired) electrons. The highest BCUT2D eigenvalue weighted by Gasteiger charge is 2.28. The van der Waals surface area contributed by atoms with Crippen molar-refractivity contribution in [2.75, 3.05) is 33.2 Å². The highest BCUT2D eigenvalue weighted by atomic mass is 35.5. The second-order valence-corrected chi connectivity index (χ2v) is 7.46. The first kappa shape index (κ1) is 13.3. The van der Waals surface area contributed by atoms with Gasteiger partial charge in [0.2, 0.25) is 0 Å². The van der Waals surface area contributed by atoms with Crippen molar-refractivity contribution < 1.29 is 8.42 Å². The fraction of sp³-hybridized carbons (Fsp3) is 0.600. The van der Waals surface area contributed by atoms with E-state index >= 15 is 0 Å². The number of rotatable bonds is 3. The van der Waals surface area contributed by atoms with Gasteiger partial charge in [-0.3, -0.25) is 0 Å². The second-order valence-electron chi connectivity index (χ2n) is 4.11. The van der Waals surface area contributed by atoms with Gasteiger partial charge in [-0.1, -0.05) is 0 Å². The molecule has 1 saturated heterocycles. The Bertz CT molecular complexity index is 478. The van der Waals surface area contributed by atoms with Crippen LogP contribution in [0.5, 0.6) is 0 Å². The summed E-state index contributed by atoms with van der Waals surface area (Å²) in [4.78, 5) is 2.13. The lowest BCUT2D eigenvalue weighted by molar-refractivity contribution is 0.222. The summed E-state index contributed by atoms with van der Waals surface area (Å²) in [6.45, 7) is 2.69. The third-order valence-corrected chi connectivity index (χ3v) is 6.51. The summed E-state index contributed by atoms with van der Waals surface area (Å²) < 4.78 is 26.5. The van der Waals surface area contributed by atoms with E-state index in [4.69, 9.17) is 11.6 Å². The minimum Gasteiger partial charge on any atom is -0.304 e. The van der Waals surface area contributed by atoms with Gasteiger partial charge in [0.1, 0.15) is 4.21 Å². The lowest BCUT2D eigenvalue weighted by Crippen LogP contribution is -2.46. The van der Waals surface area contributed by atoms with Crippen molar-refractivity contribution in [3.05, 3.63) is 17.0 Å². The van der Waals surface area contributed by atoms with Gasteiger partial charge in [-0.15, -0.1) is 22.9 Å². The third-order valence-electron chi connectivity index (χ3n) is 2.84. The van der Waals surface area contributed by atoms with Crippen LogP contribution >= 0.6 is 22.9 Å². The molecule has 1 aliphatic heterocycles. The van der Waals surface area contributed by atoms with Crippen molar-refractivity contribution in [3.63, 3.8) is 0 Å². The minimum atomic E-state index is -3.31. The van der Waals surface area contributed by atoms with E-state index in [9.17, 15) is 8.42 Å². The van der Waals surface area contributed by atoms with E-state index in [2.05, 4.69) is 4.90 Å². The first-order chi connectivity index (χ1) is 8.04. The Balaban J connectivity index is 2.18. The number of piperazine rings is 1. The van der Waals surface area contributed by atoms with Crippen LogP contribution in [-0.4, -0.2) is 50.8 Å². The van der Waals surface area contributed by atoms with Gasteiger partial charge in [0, 0.05) is 32.1 Å². The van der Waals surface area contributed by atoms with Gasteiger partial charge >= 0.3 is 0 Å². The van der Waals surface area contributed by atoms with Crippen LogP contribution in [0.4, 0.5) is 0 Å². The van der Waals surface area contributed by atoms with E-state index in [0.717, 1.165) is 18.7 Å². The van der Waals surface area contributed by atoms with Crippen LogP contribution in [0.2, 0.25) is 0 Å². The maximum atomic E-state index is 12.3. The van der Waals surface area contributed by atoms with Crippen LogP contribution in [0.25, 0.3) is 0 Å². The Morgan fingerprint density at radius 3 is 2.53 bits per heavy atom. The number of thiophene rings is 1. The zero-order valence-corrected chi connectivity index (χ0v) is 12.0. The summed E-state index contributed by atoms with van der Waals surface area (Å²) in [6, 6.07) is 1.67. The van der Waals surface area contributed by atoms with Gasteiger partial charge in [-0.2, -0.15) is 4.31 Å². The zero-order chi connectivity index (χ0) is 12.5. The molecule has 1 fully saturated rings. The van der Waals surface area contributed by atoms with Crippen molar-refractivity contribution in [2.45, 2.75) is 10.1 Å². The van der Waals surface area contributed by atoms with Gasteiger partial charge in [-0.05, 0) is 24.1 Å². The Hall–Kier alpha value is -0.140. The molecule has 17 heavy (non-hydrogen) atoms. The molecule has 0 bridgehead atoms. The van der Waals surface area contributed by atoms with E-state index < -0.39 is 10.0 Å². The molecule has 1 aromatic rings. The Morgan fingerprint density at radius 2 is 2.00 bits per heavy atom. The summed E-state index contributed by atoms with van der Waals surface area (Å²) in [7, 11) is -1.31. The van der Waals surface area contributed by atoms with Crippen molar-refractivity contribution in [2.24, 2.45) is 0 Å². The normalized spacial score (nSPS) is 19.6. The average molecular weight is 295 g/mol. The molecule has 1 aliphatic rings. The zero-order valence-electron chi connectivity index (χ0n) is 9.60. The predicted molar refractivity (Wildman–Crippen MR) is 70.1 cm³/mol. The standard InChI is InChI=1S/C10H15ClN2O2S2/c1-12-2-4-13(5-3-12)17(14,15)10-6-9(7-11)8-16-10/h6,8H,2-5,7H2,1H3. The maximum Gasteiger partial charge on any atom is 0.252 e. The monoisotopic (exact) mass is 294 g/mol. The highest BCUT2D eigenvalue weighted by molar-refractivity contribution is 7.91. The Kier molecular flexibility index (Phi) is 4.10. The van der Waals surface area contributed by atoms with Crippen molar-refractivity contribution in [3.8, 4) is 0 Å². The smallest absolute Gasteiger partial charge is 0.252 e. The molecule has 96 valence electrons. The number of nitrogens with zero attached hydrogens (tertiary/aromatic N) is 2. The van der Waals surface area contributed by atoms with Gasteiger partial charge in [0.15, 0.2) is 0 Å². The van der Waals surface area contributed by atoms with Crippen molar-refractivity contribution in [1.29, 1.82) is 0 Å². The summed E-state index contributed by atoms with van der Waals surface area (Å²) >= 11 is 6.93. The summed E-state index contributed by atoms with van der Waals surface area (Å²) in [5.74, 6) is 0.356. The van der Waals surface area contributed by atoms with Crippen molar-refractivity contribution in [1.82, 2.24) is 9.21 Å². The Labute approximate surface area is 111 Å². The quantitative estimate of drug-likeness (QED) is 0.792. The average Bonchev–Trinajstić information content (AvgIpc) is 2.78. The predicted octanol–water partition coefficient (Wildman–Crippen LogP) is 1.42. The largest absolute Gasteiger partial charge is 0.304 e. The summed E-state index contributed by atoms with van der Waals surface area (Å²) in [5.41, 5.74) is 0.865. The molecule has 0 aromatic carbocycles. The highest BCUT2D eigenvalue weighted by Crippen LogP contribution is 2.25. The Morgan fingerprint density at radius 1 is 1.35 bits per heavy atom. The molecule has 0 spiro atoms. The summed E-state index contributed by atoms with van der Waals surface area (Å²) in [6.07, 6.45) is 0. The van der Waals surface area contributed by atoms with Gasteiger partial charge in [-0.25, -0.2) is 8.42 Å². The van der Waals surface area contributed by atoms with Crippen molar-refractivity contribution >= 4 is 33.0 Å². The van der Waals surface area contributed by atoms with E-state index in [1.165, 1.54) is 11.3 Å². The number of halogens is 1. The molecule has 7 heteroatoms. The molecular weight excluding hydrogens is 280 g/mol. The van der Waals surface area contributed by atoms with Gasteiger partial charge in [0.25, 0.3) is 10.0 Å². The number of sulfonamides is 1. The molecule has 2 rings (SSSR count). The third kappa shape index (κ3) is 2.82. The summed E-state index contributed by atoms with van der Waals surface area (Å²) in [5, 5.41) is 1.80. The topological polar surface area (TPSA) is 40.6 Å². The number of hydrogen-bond donors (Lipinski definition) is 0. The molecule has 0 aliphatic carbocycles.